The highest BCUT2D eigenvalue weighted by Gasteiger charge is 2.51. The van der Waals surface area contributed by atoms with Gasteiger partial charge in [0.15, 0.2) is 0 Å². The van der Waals surface area contributed by atoms with Gasteiger partial charge in [-0.05, 0) is 87.3 Å². The molecule has 6 atom stereocenters. The summed E-state index contributed by atoms with van der Waals surface area (Å²) in [6.45, 7) is 5.06. The molecule has 0 amide bonds. The molecule has 2 N–H and O–H groups in total. The molecule has 5 aliphatic heterocycles. The summed E-state index contributed by atoms with van der Waals surface area (Å²) < 4.78 is 21.6. The molecule has 0 spiro atoms. The van der Waals surface area contributed by atoms with Gasteiger partial charge in [0, 0.05) is 60.8 Å². The van der Waals surface area contributed by atoms with E-state index in [0.717, 1.165) is 61.4 Å². The summed E-state index contributed by atoms with van der Waals surface area (Å²) >= 11 is 0. The van der Waals surface area contributed by atoms with Gasteiger partial charge in [0.25, 0.3) is 0 Å². The van der Waals surface area contributed by atoms with Crippen molar-refractivity contribution in [1.29, 1.82) is 0 Å². The number of ether oxygens (including phenoxy) is 1. The number of benzene rings is 2. The first-order valence-corrected chi connectivity index (χ1v) is 17.0. The van der Waals surface area contributed by atoms with Crippen molar-refractivity contribution in [2.75, 3.05) is 42.6 Å². The number of aromatic nitrogens is 2. The smallest absolute Gasteiger partial charge is 0.318 e. The molecule has 44 heavy (non-hydrogen) atoms. The average molecular weight is 599 g/mol. The summed E-state index contributed by atoms with van der Waals surface area (Å²) in [5.74, 6) is 2.43. The molecule has 6 aliphatic rings. The van der Waals surface area contributed by atoms with E-state index in [0.29, 0.717) is 54.3 Å². The maximum Gasteiger partial charge on any atom is 0.318 e. The molecule has 1 aliphatic carbocycles. The highest BCUT2D eigenvalue weighted by Crippen LogP contribution is 2.50. The van der Waals surface area contributed by atoms with E-state index in [1.54, 1.807) is 18.2 Å². The minimum absolute atomic E-state index is 0.143. The summed E-state index contributed by atoms with van der Waals surface area (Å²) in [6, 6.07) is 11.4. The molecule has 2 aromatic carbocycles. The third-order valence-corrected chi connectivity index (χ3v) is 11.8. The molecular weight excluding hydrogens is 555 g/mol. The van der Waals surface area contributed by atoms with Crippen molar-refractivity contribution in [2.45, 2.75) is 88.5 Å². The van der Waals surface area contributed by atoms with Gasteiger partial charge in [0.1, 0.15) is 17.4 Å². The molecule has 8 nitrogen and oxygen atoms in total. The number of nitrogens with zero attached hydrogens (tertiary/aromatic N) is 5. The maximum atomic E-state index is 15.1. The zero-order valence-corrected chi connectivity index (χ0v) is 25.4. The molecule has 1 aromatic heterocycles. The quantitative estimate of drug-likeness (QED) is 0.410. The Morgan fingerprint density at radius 3 is 2.70 bits per heavy atom. The van der Waals surface area contributed by atoms with E-state index in [1.165, 1.54) is 63.1 Å². The Labute approximate surface area is 258 Å². The number of rotatable bonds is 6. The fourth-order valence-corrected chi connectivity index (χ4v) is 10.0. The van der Waals surface area contributed by atoms with Crippen LogP contribution in [-0.2, 0) is 13.0 Å². The number of aromatic hydroxyl groups is 1. The largest absolute Gasteiger partial charge is 0.508 e. The molecule has 6 heterocycles. The van der Waals surface area contributed by atoms with Gasteiger partial charge in [0.2, 0.25) is 0 Å². The van der Waals surface area contributed by atoms with Crippen LogP contribution in [0.1, 0.15) is 62.6 Å². The van der Waals surface area contributed by atoms with Crippen molar-refractivity contribution in [2.24, 2.45) is 11.8 Å². The number of fused-ring (bicyclic) bond motifs is 7. The minimum Gasteiger partial charge on any atom is -0.508 e. The molecule has 4 unspecified atom stereocenters. The van der Waals surface area contributed by atoms with Gasteiger partial charge in [0.05, 0.1) is 24.5 Å². The Morgan fingerprint density at radius 1 is 0.955 bits per heavy atom. The summed E-state index contributed by atoms with van der Waals surface area (Å²) in [4.78, 5) is 17.6. The zero-order chi connectivity index (χ0) is 29.4. The van der Waals surface area contributed by atoms with Gasteiger partial charge in [-0.1, -0.05) is 18.6 Å². The van der Waals surface area contributed by atoms with Crippen molar-refractivity contribution in [3.8, 4) is 11.8 Å². The summed E-state index contributed by atoms with van der Waals surface area (Å²) in [5.41, 5.74) is 2.85. The highest BCUT2D eigenvalue weighted by molar-refractivity contribution is 5.96. The molecule has 2 bridgehead atoms. The first-order chi connectivity index (χ1) is 21.6. The third kappa shape index (κ3) is 4.52. The van der Waals surface area contributed by atoms with Crippen molar-refractivity contribution in [3.63, 3.8) is 0 Å². The summed E-state index contributed by atoms with van der Waals surface area (Å²) in [7, 11) is 0. The van der Waals surface area contributed by atoms with Crippen LogP contribution in [0.2, 0.25) is 0 Å². The topological polar surface area (TPSA) is 77.0 Å². The van der Waals surface area contributed by atoms with Crippen molar-refractivity contribution >= 4 is 22.3 Å². The Morgan fingerprint density at radius 2 is 1.82 bits per heavy atom. The molecule has 9 heteroatoms. The lowest BCUT2D eigenvalue weighted by molar-refractivity contribution is 0.205. The van der Waals surface area contributed by atoms with Crippen LogP contribution in [0.4, 0.5) is 15.9 Å². The molecule has 9 rings (SSSR count). The second-order valence-electron chi connectivity index (χ2n) is 14.2. The Bertz CT molecular complexity index is 1550. The van der Waals surface area contributed by atoms with E-state index in [1.807, 2.05) is 6.07 Å². The van der Waals surface area contributed by atoms with Crippen LogP contribution in [0.3, 0.4) is 0 Å². The number of nitrogens with one attached hydrogen (secondary N) is 1. The Hall–Kier alpha value is -3.17. The number of phenols is 1. The standard InChI is InChI=1S/C35H43FN6O2/c36-28-6-1-4-21-16-24(43)17-32(33(21)28)40-14-11-27-29(20-40)38-35(39-34(27)41-18-22-9-10-23(19-41)37-22)44-15-12-26-25-5-2-7-30(25)42-13-3-8-31(26)42/h1,4,6,16-17,22-23,25-26,30-31,37,43H,2-3,5,7-15,18-20H2/t22?,23?,25-,26?,30-,31?/m0/s1. The number of hydrogen-bond donors (Lipinski definition) is 2. The summed E-state index contributed by atoms with van der Waals surface area (Å²) in [6.07, 6.45) is 11.0. The number of anilines is 2. The second-order valence-corrected chi connectivity index (χ2v) is 14.2. The predicted octanol–water partition coefficient (Wildman–Crippen LogP) is 5.01. The predicted molar refractivity (Wildman–Crippen MR) is 169 cm³/mol. The normalized spacial score (nSPS) is 31.0. The molecule has 5 fully saturated rings. The number of phenolic OH excluding ortho intramolecular Hbond substituents is 1. The van der Waals surface area contributed by atoms with Crippen molar-refractivity contribution in [1.82, 2.24) is 20.2 Å². The Kier molecular flexibility index (Phi) is 6.62. The first kappa shape index (κ1) is 27.2. The van der Waals surface area contributed by atoms with Crippen LogP contribution in [-0.4, -0.2) is 76.9 Å². The van der Waals surface area contributed by atoms with E-state index in [-0.39, 0.29) is 11.6 Å². The van der Waals surface area contributed by atoms with Crippen molar-refractivity contribution < 1.29 is 14.2 Å². The van der Waals surface area contributed by atoms with Gasteiger partial charge in [-0.2, -0.15) is 9.97 Å². The first-order valence-electron chi connectivity index (χ1n) is 17.0. The molecule has 0 radical (unpaired) electrons. The zero-order valence-electron chi connectivity index (χ0n) is 25.4. The van der Waals surface area contributed by atoms with Gasteiger partial charge in [-0.15, -0.1) is 0 Å². The van der Waals surface area contributed by atoms with Crippen LogP contribution in [0.15, 0.2) is 30.3 Å². The molecule has 4 saturated heterocycles. The number of hydrogen-bond acceptors (Lipinski definition) is 8. The van der Waals surface area contributed by atoms with Crippen LogP contribution in [0, 0.1) is 17.7 Å². The van der Waals surface area contributed by atoms with E-state index in [4.69, 9.17) is 14.7 Å². The van der Waals surface area contributed by atoms with E-state index in [9.17, 15) is 5.11 Å². The van der Waals surface area contributed by atoms with E-state index >= 15 is 4.39 Å². The number of piperazine rings is 1. The third-order valence-electron chi connectivity index (χ3n) is 11.8. The minimum atomic E-state index is -0.274. The van der Waals surface area contributed by atoms with Crippen LogP contribution in [0.25, 0.3) is 10.8 Å². The van der Waals surface area contributed by atoms with Crippen LogP contribution < -0.4 is 19.9 Å². The average Bonchev–Trinajstić information content (AvgIpc) is 3.81. The lowest BCUT2D eigenvalue weighted by Crippen LogP contribution is -2.52. The summed E-state index contributed by atoms with van der Waals surface area (Å²) in [5, 5.41) is 15.5. The van der Waals surface area contributed by atoms with Gasteiger partial charge in [-0.25, -0.2) is 4.39 Å². The second kappa shape index (κ2) is 10.7. The number of halogens is 1. The van der Waals surface area contributed by atoms with Gasteiger partial charge < -0.3 is 25.0 Å². The Balaban J connectivity index is 1.01. The fraction of sp³-hybridized carbons (Fsp3) is 0.600. The van der Waals surface area contributed by atoms with E-state index < -0.39 is 0 Å². The van der Waals surface area contributed by atoms with Crippen LogP contribution in [0.5, 0.6) is 11.8 Å². The molecule has 3 aromatic rings. The fourth-order valence-electron chi connectivity index (χ4n) is 10.0. The maximum absolute atomic E-state index is 15.1. The van der Waals surface area contributed by atoms with Crippen LogP contribution >= 0.6 is 0 Å². The SMILES string of the molecule is Oc1cc(N2CCc3c(nc(OCCC4C5CCCN5[C@H]5CCC[C@@H]45)nc3N3CC4CCC(C3)N4)C2)c2c(F)cccc2c1. The monoisotopic (exact) mass is 598 g/mol. The van der Waals surface area contributed by atoms with Gasteiger partial charge >= 0.3 is 6.01 Å². The molecular formula is C35H43FN6O2. The molecule has 1 saturated carbocycles. The van der Waals surface area contributed by atoms with E-state index in [2.05, 4.69) is 20.0 Å². The van der Waals surface area contributed by atoms with Gasteiger partial charge in [-0.3, -0.25) is 4.90 Å². The highest BCUT2D eigenvalue weighted by atomic mass is 19.1. The lowest BCUT2D eigenvalue weighted by atomic mass is 9.84. The van der Waals surface area contributed by atoms with Crippen molar-refractivity contribution in [3.05, 3.63) is 47.4 Å². The lowest BCUT2D eigenvalue weighted by Gasteiger charge is -2.37. The molecule has 232 valence electrons.